The largest absolute Gasteiger partial charge is 0.352 e. The van der Waals surface area contributed by atoms with Gasteiger partial charge in [-0.25, -0.2) is 0 Å². The normalized spacial score (nSPS) is 23.4. The molecule has 2 rings (SSSR count). The predicted molar refractivity (Wildman–Crippen MR) is 78.2 cm³/mol. The average molecular weight is 267 g/mol. The second-order valence-electron chi connectivity index (χ2n) is 6.19. The predicted octanol–water partition coefficient (Wildman–Crippen LogP) is 1.51. The summed E-state index contributed by atoms with van der Waals surface area (Å²) in [5, 5.41) is 6.47. The zero-order valence-corrected chi connectivity index (χ0v) is 12.3. The van der Waals surface area contributed by atoms with Crippen molar-refractivity contribution < 1.29 is 4.79 Å². The molecule has 1 atom stereocenters. The van der Waals surface area contributed by atoms with Crippen LogP contribution < -0.4 is 10.6 Å². The van der Waals surface area contributed by atoms with Gasteiger partial charge >= 0.3 is 0 Å². The Labute approximate surface area is 117 Å². The lowest BCUT2D eigenvalue weighted by Crippen LogP contribution is -2.46. The maximum Gasteiger partial charge on any atom is 0.234 e. The molecule has 0 spiro atoms. The maximum absolute atomic E-state index is 11.8. The van der Waals surface area contributed by atoms with E-state index in [0.717, 1.165) is 19.4 Å². The zero-order chi connectivity index (χ0) is 13.5. The smallest absolute Gasteiger partial charge is 0.234 e. The number of amides is 1. The molecular formula is C15H29N3O. The number of carbonyl (C=O) groups is 1. The van der Waals surface area contributed by atoms with Gasteiger partial charge in [0.15, 0.2) is 0 Å². The lowest BCUT2D eigenvalue weighted by atomic mass is 10.1. The number of likely N-dealkylation sites (tertiary alicyclic amines) is 1. The first kappa shape index (κ1) is 14.8. The highest BCUT2D eigenvalue weighted by atomic mass is 16.2. The first-order valence-electron chi connectivity index (χ1n) is 7.99. The molecule has 19 heavy (non-hydrogen) atoms. The van der Waals surface area contributed by atoms with Crippen molar-refractivity contribution >= 4 is 5.91 Å². The SMILES string of the molecule is CC(CN1CCCCC1)NCC(=O)NC1CCCC1. The molecule has 0 radical (unpaired) electrons. The van der Waals surface area contributed by atoms with Crippen molar-refractivity contribution in [3.05, 3.63) is 0 Å². The molecule has 1 amide bonds. The zero-order valence-electron chi connectivity index (χ0n) is 12.3. The van der Waals surface area contributed by atoms with Gasteiger partial charge in [-0.15, -0.1) is 0 Å². The Morgan fingerprint density at radius 2 is 1.84 bits per heavy atom. The Bertz CT molecular complexity index is 271. The summed E-state index contributed by atoms with van der Waals surface area (Å²) in [6.45, 7) is 6.15. The number of rotatable bonds is 6. The maximum atomic E-state index is 11.8. The van der Waals surface area contributed by atoms with E-state index in [1.807, 2.05) is 0 Å². The van der Waals surface area contributed by atoms with Crippen molar-refractivity contribution in [2.45, 2.75) is 64.0 Å². The van der Waals surface area contributed by atoms with E-state index in [0.29, 0.717) is 18.6 Å². The Morgan fingerprint density at radius 3 is 2.53 bits per heavy atom. The lowest BCUT2D eigenvalue weighted by molar-refractivity contribution is -0.121. The van der Waals surface area contributed by atoms with Crippen LogP contribution in [0.15, 0.2) is 0 Å². The summed E-state index contributed by atoms with van der Waals surface area (Å²) in [6, 6.07) is 0.833. The lowest BCUT2D eigenvalue weighted by Gasteiger charge is -2.29. The minimum atomic E-state index is 0.164. The second-order valence-corrected chi connectivity index (χ2v) is 6.19. The van der Waals surface area contributed by atoms with Crippen molar-refractivity contribution in [2.75, 3.05) is 26.2 Å². The molecular weight excluding hydrogens is 238 g/mol. The van der Waals surface area contributed by atoms with E-state index in [1.165, 1.54) is 45.2 Å². The van der Waals surface area contributed by atoms with Crippen LogP contribution in [0.2, 0.25) is 0 Å². The molecule has 1 unspecified atom stereocenters. The van der Waals surface area contributed by atoms with Gasteiger partial charge in [0.05, 0.1) is 6.54 Å². The molecule has 4 heteroatoms. The van der Waals surface area contributed by atoms with Crippen molar-refractivity contribution in [1.82, 2.24) is 15.5 Å². The Hall–Kier alpha value is -0.610. The molecule has 0 bridgehead atoms. The van der Waals surface area contributed by atoms with E-state index >= 15 is 0 Å². The third-order valence-electron chi connectivity index (χ3n) is 4.31. The molecule has 0 aromatic heterocycles. The van der Waals surface area contributed by atoms with Gasteiger partial charge in [0.25, 0.3) is 0 Å². The molecule has 0 aromatic carbocycles. The third kappa shape index (κ3) is 5.49. The van der Waals surface area contributed by atoms with Crippen LogP contribution in [-0.4, -0.2) is 49.1 Å². The number of nitrogens with one attached hydrogen (secondary N) is 2. The van der Waals surface area contributed by atoms with Gasteiger partial charge in [-0.1, -0.05) is 19.3 Å². The highest BCUT2D eigenvalue weighted by Crippen LogP contribution is 2.17. The van der Waals surface area contributed by atoms with Gasteiger partial charge in [-0.3, -0.25) is 4.79 Å². The summed E-state index contributed by atoms with van der Waals surface area (Å²) in [6.07, 6.45) is 8.89. The fraction of sp³-hybridized carbons (Fsp3) is 0.933. The molecule has 4 nitrogen and oxygen atoms in total. The summed E-state index contributed by atoms with van der Waals surface area (Å²) < 4.78 is 0. The quantitative estimate of drug-likeness (QED) is 0.767. The molecule has 2 fully saturated rings. The number of carbonyl (C=O) groups excluding carboxylic acids is 1. The monoisotopic (exact) mass is 267 g/mol. The van der Waals surface area contributed by atoms with E-state index in [9.17, 15) is 4.79 Å². The van der Waals surface area contributed by atoms with Crippen molar-refractivity contribution in [1.29, 1.82) is 0 Å². The fourth-order valence-corrected chi connectivity index (χ4v) is 3.21. The number of hydrogen-bond acceptors (Lipinski definition) is 3. The van der Waals surface area contributed by atoms with Crippen molar-refractivity contribution in [3.8, 4) is 0 Å². The van der Waals surface area contributed by atoms with Crippen molar-refractivity contribution in [2.24, 2.45) is 0 Å². The number of hydrogen-bond donors (Lipinski definition) is 2. The second kappa shape index (κ2) is 7.85. The Morgan fingerprint density at radius 1 is 1.16 bits per heavy atom. The van der Waals surface area contributed by atoms with Crippen LogP contribution in [-0.2, 0) is 4.79 Å². The minimum absolute atomic E-state index is 0.164. The molecule has 1 heterocycles. The first-order chi connectivity index (χ1) is 9.24. The standard InChI is InChI=1S/C15H29N3O/c1-13(12-18-9-5-2-6-10-18)16-11-15(19)17-14-7-3-4-8-14/h13-14,16H,2-12H2,1H3,(H,17,19). The highest BCUT2D eigenvalue weighted by molar-refractivity contribution is 5.78. The van der Waals surface area contributed by atoms with Gasteiger partial charge < -0.3 is 15.5 Å². The minimum Gasteiger partial charge on any atom is -0.352 e. The molecule has 1 saturated carbocycles. The molecule has 0 aromatic rings. The molecule has 1 saturated heterocycles. The molecule has 2 aliphatic rings. The van der Waals surface area contributed by atoms with Crippen LogP contribution in [0.25, 0.3) is 0 Å². The summed E-state index contributed by atoms with van der Waals surface area (Å²) in [7, 11) is 0. The molecule has 1 aliphatic heterocycles. The Balaban J connectivity index is 1.56. The first-order valence-corrected chi connectivity index (χ1v) is 7.99. The fourth-order valence-electron chi connectivity index (χ4n) is 3.21. The Kier molecular flexibility index (Phi) is 6.11. The van der Waals surface area contributed by atoms with Crippen LogP contribution in [0.1, 0.15) is 51.9 Å². The van der Waals surface area contributed by atoms with Gasteiger partial charge in [-0.2, -0.15) is 0 Å². The summed E-state index contributed by atoms with van der Waals surface area (Å²) in [5.74, 6) is 0.164. The number of piperidine rings is 1. The van der Waals surface area contributed by atoms with Crippen LogP contribution in [0.5, 0.6) is 0 Å². The van der Waals surface area contributed by atoms with Gasteiger partial charge in [0, 0.05) is 18.6 Å². The summed E-state index contributed by atoms with van der Waals surface area (Å²) in [4.78, 5) is 14.3. The molecule has 110 valence electrons. The van der Waals surface area contributed by atoms with Crippen LogP contribution in [0.3, 0.4) is 0 Å². The van der Waals surface area contributed by atoms with E-state index in [2.05, 4.69) is 22.5 Å². The highest BCUT2D eigenvalue weighted by Gasteiger charge is 2.18. The summed E-state index contributed by atoms with van der Waals surface area (Å²) >= 11 is 0. The van der Waals surface area contributed by atoms with Gasteiger partial charge in [0.2, 0.25) is 5.91 Å². The van der Waals surface area contributed by atoms with Crippen LogP contribution >= 0.6 is 0 Å². The van der Waals surface area contributed by atoms with E-state index in [-0.39, 0.29) is 5.91 Å². The third-order valence-corrected chi connectivity index (χ3v) is 4.31. The topological polar surface area (TPSA) is 44.4 Å². The van der Waals surface area contributed by atoms with E-state index in [1.54, 1.807) is 0 Å². The number of nitrogens with zero attached hydrogens (tertiary/aromatic N) is 1. The average Bonchev–Trinajstić information content (AvgIpc) is 2.90. The van der Waals surface area contributed by atoms with Gasteiger partial charge in [-0.05, 0) is 45.7 Å². The van der Waals surface area contributed by atoms with Crippen LogP contribution in [0.4, 0.5) is 0 Å². The van der Waals surface area contributed by atoms with Gasteiger partial charge in [0.1, 0.15) is 0 Å². The van der Waals surface area contributed by atoms with Crippen LogP contribution in [0, 0.1) is 0 Å². The summed E-state index contributed by atoms with van der Waals surface area (Å²) in [5.41, 5.74) is 0. The molecule has 1 aliphatic carbocycles. The van der Waals surface area contributed by atoms with Crippen molar-refractivity contribution in [3.63, 3.8) is 0 Å². The molecule has 2 N–H and O–H groups in total. The van der Waals surface area contributed by atoms with E-state index in [4.69, 9.17) is 0 Å². The van der Waals surface area contributed by atoms with E-state index < -0.39 is 0 Å².